The van der Waals surface area contributed by atoms with E-state index in [0.29, 0.717) is 6.61 Å². The number of carbonyl (C=O) groups is 3. The number of ketones is 1. The molecule has 0 aromatic carbocycles. The van der Waals surface area contributed by atoms with Crippen LogP contribution in [0.5, 0.6) is 0 Å². The average molecular weight is 381 g/mol. The number of allylic oxidation sites excluding steroid dienone is 1. The predicted molar refractivity (Wildman–Crippen MR) is 96.2 cm³/mol. The minimum absolute atomic E-state index is 0.136. The Bertz CT molecular complexity index is 620. The van der Waals surface area contributed by atoms with Gasteiger partial charge in [-0.2, -0.15) is 0 Å². The first-order valence-electron chi connectivity index (χ1n) is 8.94. The number of urea groups is 1. The van der Waals surface area contributed by atoms with Crippen molar-refractivity contribution in [2.75, 3.05) is 20.3 Å². The number of amides is 3. The summed E-state index contributed by atoms with van der Waals surface area (Å²) in [6, 6.07) is -0.459. The fourth-order valence-corrected chi connectivity index (χ4v) is 2.84. The summed E-state index contributed by atoms with van der Waals surface area (Å²) in [4.78, 5) is 39.3. The Labute approximate surface area is 158 Å². The molecule has 1 fully saturated rings. The van der Waals surface area contributed by atoms with Crippen LogP contribution in [0.2, 0.25) is 0 Å². The van der Waals surface area contributed by atoms with Crippen molar-refractivity contribution in [3.8, 4) is 0 Å². The number of carbonyl (C=O) groups excluding carboxylic acids is 3. The standard InChI is InChI=1S/C18H27N3O6/c1-5-9-25-11-13-16(26-10-6-2)15(23)17(27-13)21-8-7-14(19-12(3)22)20(4)18(21)24/h5,7-9,13-14,16-17H,6,10-11H2,1-4H3,(H,19,22)/b9-5-/t13-,14?,16-,17-/m1/s1. The van der Waals surface area contributed by atoms with Gasteiger partial charge in [0.1, 0.15) is 25.0 Å². The molecule has 9 nitrogen and oxygen atoms in total. The molecule has 0 aromatic rings. The molecule has 0 radical (unpaired) electrons. The molecule has 0 bridgehead atoms. The van der Waals surface area contributed by atoms with Crippen LogP contribution in [0.25, 0.3) is 0 Å². The summed E-state index contributed by atoms with van der Waals surface area (Å²) in [5.74, 6) is -0.595. The average Bonchev–Trinajstić information content (AvgIpc) is 2.93. The normalized spacial score (nSPS) is 28.3. The number of ether oxygens (including phenoxy) is 3. The maximum atomic E-state index is 12.8. The van der Waals surface area contributed by atoms with Crippen molar-refractivity contribution in [1.82, 2.24) is 15.1 Å². The van der Waals surface area contributed by atoms with E-state index < -0.39 is 30.6 Å². The highest BCUT2D eigenvalue weighted by molar-refractivity contribution is 5.93. The third kappa shape index (κ3) is 4.86. The first-order chi connectivity index (χ1) is 12.9. The highest BCUT2D eigenvalue weighted by Gasteiger charge is 2.49. The molecule has 1 saturated heterocycles. The first-order valence-corrected chi connectivity index (χ1v) is 8.94. The minimum Gasteiger partial charge on any atom is -0.499 e. The maximum Gasteiger partial charge on any atom is 0.328 e. The number of Topliss-reactive ketones (excluding diaryl/α,β-unsaturated/α-hetero) is 1. The molecule has 0 aromatic heterocycles. The van der Waals surface area contributed by atoms with Crippen LogP contribution in [0.1, 0.15) is 27.2 Å². The van der Waals surface area contributed by atoms with E-state index in [1.807, 2.05) is 13.8 Å². The van der Waals surface area contributed by atoms with E-state index in [1.54, 1.807) is 12.2 Å². The number of hydrogen-bond acceptors (Lipinski definition) is 6. The predicted octanol–water partition coefficient (Wildman–Crippen LogP) is 0.969. The zero-order valence-corrected chi connectivity index (χ0v) is 16.1. The summed E-state index contributed by atoms with van der Waals surface area (Å²) in [6.07, 6.45) is 3.95. The van der Waals surface area contributed by atoms with Crippen molar-refractivity contribution in [2.45, 2.75) is 51.8 Å². The van der Waals surface area contributed by atoms with Crippen LogP contribution in [0, 0.1) is 0 Å². The summed E-state index contributed by atoms with van der Waals surface area (Å²) in [7, 11) is 1.54. The van der Waals surface area contributed by atoms with Crippen molar-refractivity contribution in [3.05, 3.63) is 24.6 Å². The van der Waals surface area contributed by atoms with E-state index in [0.717, 1.165) is 6.42 Å². The second-order valence-electron chi connectivity index (χ2n) is 6.31. The van der Waals surface area contributed by atoms with Gasteiger partial charge in [0.15, 0.2) is 0 Å². The summed E-state index contributed by atoms with van der Waals surface area (Å²) in [6.45, 7) is 5.66. The second-order valence-corrected chi connectivity index (χ2v) is 6.31. The van der Waals surface area contributed by atoms with Crippen LogP contribution in [0.4, 0.5) is 4.79 Å². The van der Waals surface area contributed by atoms with Gasteiger partial charge in [0.2, 0.25) is 17.9 Å². The topological polar surface area (TPSA) is 97.4 Å². The van der Waals surface area contributed by atoms with Crippen molar-refractivity contribution in [1.29, 1.82) is 0 Å². The van der Waals surface area contributed by atoms with E-state index in [2.05, 4.69) is 5.32 Å². The van der Waals surface area contributed by atoms with Crippen LogP contribution in [-0.2, 0) is 23.8 Å². The summed E-state index contributed by atoms with van der Waals surface area (Å²) in [5, 5.41) is 2.64. The molecule has 2 aliphatic rings. The van der Waals surface area contributed by atoms with Crippen molar-refractivity contribution >= 4 is 17.7 Å². The summed E-state index contributed by atoms with van der Waals surface area (Å²) in [5.41, 5.74) is 0. The molecule has 27 heavy (non-hydrogen) atoms. The summed E-state index contributed by atoms with van der Waals surface area (Å²) < 4.78 is 16.8. The van der Waals surface area contributed by atoms with Crippen LogP contribution in [-0.4, -0.2) is 72.4 Å². The molecule has 9 heteroatoms. The molecule has 2 heterocycles. The van der Waals surface area contributed by atoms with Gasteiger partial charge in [0.25, 0.3) is 0 Å². The number of nitrogens with zero attached hydrogens (tertiary/aromatic N) is 2. The molecule has 2 rings (SSSR count). The SMILES string of the molecule is C/C=C\OC[C@H]1O[C@@H](N2C=CC(NC(C)=O)N(C)C2=O)C(=O)[C@@H]1OCCC. The Morgan fingerprint density at radius 3 is 2.78 bits per heavy atom. The smallest absolute Gasteiger partial charge is 0.328 e. The number of nitrogens with one attached hydrogen (secondary N) is 1. The van der Waals surface area contributed by atoms with Crippen molar-refractivity contribution in [2.24, 2.45) is 0 Å². The van der Waals surface area contributed by atoms with Crippen molar-refractivity contribution < 1.29 is 28.6 Å². The lowest BCUT2D eigenvalue weighted by molar-refractivity contribution is -0.133. The number of hydrogen-bond donors (Lipinski definition) is 1. The molecule has 1 unspecified atom stereocenters. The quantitative estimate of drug-likeness (QED) is 0.629. The summed E-state index contributed by atoms with van der Waals surface area (Å²) >= 11 is 0. The highest BCUT2D eigenvalue weighted by Crippen LogP contribution is 2.26. The maximum absolute atomic E-state index is 12.8. The Balaban J connectivity index is 2.15. The Kier molecular flexibility index (Phi) is 7.37. The minimum atomic E-state index is -1.10. The zero-order chi connectivity index (χ0) is 20.0. The number of likely N-dealkylation sites (N-methyl/N-ethyl adjacent to an activating group) is 1. The highest BCUT2D eigenvalue weighted by atomic mass is 16.6. The molecule has 1 N–H and O–H groups in total. The Hall–Kier alpha value is -2.39. The molecule has 150 valence electrons. The molecule has 0 spiro atoms. The molecule has 0 aliphatic carbocycles. The van der Waals surface area contributed by atoms with E-state index in [4.69, 9.17) is 14.2 Å². The molecular weight excluding hydrogens is 354 g/mol. The lowest BCUT2D eigenvalue weighted by atomic mass is 10.1. The molecule has 4 atom stereocenters. The fraction of sp³-hybridized carbons (Fsp3) is 0.611. The third-order valence-electron chi connectivity index (χ3n) is 4.13. The van der Waals surface area contributed by atoms with Gasteiger partial charge in [-0.1, -0.05) is 13.0 Å². The van der Waals surface area contributed by atoms with E-state index in [-0.39, 0.29) is 18.3 Å². The lowest BCUT2D eigenvalue weighted by Crippen LogP contribution is -2.57. The first kappa shape index (κ1) is 20.9. The van der Waals surface area contributed by atoms with E-state index >= 15 is 0 Å². The lowest BCUT2D eigenvalue weighted by Gasteiger charge is -2.36. The molecule has 3 amide bonds. The second kappa shape index (κ2) is 9.52. The van der Waals surface area contributed by atoms with Crippen LogP contribution >= 0.6 is 0 Å². The van der Waals surface area contributed by atoms with Crippen LogP contribution in [0.3, 0.4) is 0 Å². The largest absolute Gasteiger partial charge is 0.499 e. The van der Waals surface area contributed by atoms with Gasteiger partial charge in [-0.25, -0.2) is 4.79 Å². The Morgan fingerprint density at radius 2 is 2.15 bits per heavy atom. The van der Waals surface area contributed by atoms with Gasteiger partial charge >= 0.3 is 6.03 Å². The van der Waals surface area contributed by atoms with Crippen LogP contribution < -0.4 is 5.32 Å². The van der Waals surface area contributed by atoms with Gasteiger partial charge in [-0.15, -0.1) is 0 Å². The van der Waals surface area contributed by atoms with Gasteiger partial charge in [0, 0.05) is 26.8 Å². The zero-order valence-electron chi connectivity index (χ0n) is 16.1. The third-order valence-corrected chi connectivity index (χ3v) is 4.13. The Morgan fingerprint density at radius 1 is 1.41 bits per heavy atom. The van der Waals surface area contributed by atoms with E-state index in [1.165, 1.54) is 36.2 Å². The monoisotopic (exact) mass is 381 g/mol. The fourth-order valence-electron chi connectivity index (χ4n) is 2.84. The van der Waals surface area contributed by atoms with Gasteiger partial charge in [-0.05, 0) is 19.4 Å². The van der Waals surface area contributed by atoms with Gasteiger partial charge < -0.3 is 24.4 Å². The van der Waals surface area contributed by atoms with E-state index in [9.17, 15) is 14.4 Å². The van der Waals surface area contributed by atoms with Crippen LogP contribution in [0.15, 0.2) is 24.6 Å². The molecule has 2 aliphatic heterocycles. The van der Waals surface area contributed by atoms with Crippen molar-refractivity contribution in [3.63, 3.8) is 0 Å². The molecule has 0 saturated carbocycles. The number of rotatable bonds is 8. The van der Waals surface area contributed by atoms with Gasteiger partial charge in [-0.3, -0.25) is 14.5 Å². The van der Waals surface area contributed by atoms with Gasteiger partial charge in [0.05, 0.1) is 6.26 Å². The molecular formula is C18H27N3O6.